The van der Waals surface area contributed by atoms with Crippen molar-refractivity contribution in [1.82, 2.24) is 10.2 Å². The van der Waals surface area contributed by atoms with Crippen LogP contribution in [0.2, 0.25) is 0 Å². The van der Waals surface area contributed by atoms with Gasteiger partial charge in [0.15, 0.2) is 0 Å². The lowest BCUT2D eigenvalue weighted by Gasteiger charge is -2.76. The van der Waals surface area contributed by atoms with E-state index in [0.29, 0.717) is 11.8 Å². The predicted molar refractivity (Wildman–Crippen MR) is 125 cm³/mol. The third-order valence-corrected chi connectivity index (χ3v) is 10.9. The monoisotopic (exact) mass is 430 g/mol. The van der Waals surface area contributed by atoms with Gasteiger partial charge in [-0.1, -0.05) is 43.3 Å². The van der Waals surface area contributed by atoms with Gasteiger partial charge in [0.05, 0.1) is 5.60 Å². The number of likely N-dealkylation sites (tertiary alicyclic amines) is 1. The summed E-state index contributed by atoms with van der Waals surface area (Å²) in [7, 11) is 4.29. The van der Waals surface area contributed by atoms with E-state index in [4.69, 9.17) is 4.74 Å². The lowest BCUT2D eigenvalue weighted by Crippen LogP contribution is -2.82. The normalized spacial score (nSPS) is 46.0. The van der Waals surface area contributed by atoms with Crippen LogP contribution in [0.1, 0.15) is 55.3 Å². The first-order chi connectivity index (χ1) is 15.4. The van der Waals surface area contributed by atoms with E-state index in [2.05, 4.69) is 66.7 Å². The number of methoxy groups -OCH3 is 1. The van der Waals surface area contributed by atoms with Crippen LogP contribution in [0.5, 0.6) is 5.75 Å². The van der Waals surface area contributed by atoms with Crippen LogP contribution in [0, 0.1) is 10.8 Å². The van der Waals surface area contributed by atoms with Crippen molar-refractivity contribution in [3.05, 3.63) is 65.2 Å². The van der Waals surface area contributed by atoms with Crippen molar-refractivity contribution in [2.45, 2.75) is 68.2 Å². The molecule has 168 valence electrons. The van der Waals surface area contributed by atoms with Crippen LogP contribution in [-0.4, -0.2) is 48.4 Å². The zero-order chi connectivity index (χ0) is 21.9. The fourth-order valence-corrected chi connectivity index (χ4v) is 9.85. The Bertz CT molecular complexity index is 1100. The molecule has 8 rings (SSSR count). The van der Waals surface area contributed by atoms with Gasteiger partial charge in [-0.3, -0.25) is 0 Å². The summed E-state index contributed by atoms with van der Waals surface area (Å²) in [6.07, 6.45) is 5.70. The Morgan fingerprint density at radius 2 is 1.91 bits per heavy atom. The minimum absolute atomic E-state index is 0.00615. The smallest absolute Gasteiger partial charge is 0.115 e. The van der Waals surface area contributed by atoms with Crippen LogP contribution in [0.15, 0.2) is 48.5 Å². The topological polar surface area (TPSA) is 44.7 Å². The number of hydrogen-bond acceptors (Lipinski definition) is 4. The second-order valence-electron chi connectivity index (χ2n) is 11.6. The first kappa shape index (κ1) is 19.6. The average Bonchev–Trinajstić information content (AvgIpc) is 3.02. The van der Waals surface area contributed by atoms with Crippen LogP contribution in [0.25, 0.3) is 0 Å². The number of phenolic OH excluding ortho intramolecular Hbond substituents is 1. The van der Waals surface area contributed by atoms with Crippen LogP contribution in [-0.2, 0) is 16.6 Å². The average molecular weight is 431 g/mol. The summed E-state index contributed by atoms with van der Waals surface area (Å²) in [5, 5.41) is 14.8. The second-order valence-corrected chi connectivity index (χ2v) is 11.6. The molecular weight excluding hydrogens is 396 g/mol. The number of phenols is 1. The minimum Gasteiger partial charge on any atom is -0.508 e. The maximum absolute atomic E-state index is 10.6. The van der Waals surface area contributed by atoms with Gasteiger partial charge in [0.2, 0.25) is 0 Å². The van der Waals surface area contributed by atoms with Crippen molar-refractivity contribution in [3.63, 3.8) is 0 Å². The Hall–Kier alpha value is -1.88. The molecule has 2 saturated heterocycles. The number of fused-ring (bicyclic) bond motifs is 2. The first-order valence-corrected chi connectivity index (χ1v) is 12.3. The van der Waals surface area contributed by atoms with Crippen LogP contribution in [0.3, 0.4) is 0 Å². The molecule has 2 aromatic rings. The van der Waals surface area contributed by atoms with E-state index in [1.54, 1.807) is 0 Å². The highest BCUT2D eigenvalue weighted by Crippen LogP contribution is 2.79. The molecule has 2 aromatic carbocycles. The summed E-state index contributed by atoms with van der Waals surface area (Å²) in [4.78, 5) is 2.65. The van der Waals surface area contributed by atoms with Gasteiger partial charge in [-0.05, 0) is 79.9 Å². The van der Waals surface area contributed by atoms with Gasteiger partial charge in [-0.25, -0.2) is 0 Å². The van der Waals surface area contributed by atoms with E-state index in [1.807, 2.05) is 13.2 Å². The highest BCUT2D eigenvalue weighted by Gasteiger charge is 2.83. The molecule has 5 fully saturated rings. The molecule has 0 amide bonds. The Labute approximate surface area is 191 Å². The SMILES string of the molecule is CO[C@]12CC[C@]34C[C@@]1(C)[C@@H](c1ccccc1)N[C@H]2[C@@]31CCN(C)[C@@H]4Cc2ccc(O)cc21. The van der Waals surface area contributed by atoms with E-state index in [0.717, 1.165) is 25.8 Å². The van der Waals surface area contributed by atoms with Crippen molar-refractivity contribution < 1.29 is 9.84 Å². The molecular formula is C28H34N2O2. The summed E-state index contributed by atoms with van der Waals surface area (Å²) in [6.45, 7) is 3.61. The number of likely N-dealkylation sites (N-methyl/N-ethyl adjacent to an activating group) is 1. The molecule has 0 unspecified atom stereocenters. The summed E-state index contributed by atoms with van der Waals surface area (Å²) in [6, 6.07) is 18.3. The molecule has 4 aliphatic carbocycles. The molecule has 7 atom stereocenters. The Kier molecular flexibility index (Phi) is 3.65. The molecule has 2 N–H and O–H groups in total. The summed E-state index contributed by atoms with van der Waals surface area (Å²) < 4.78 is 6.67. The third-order valence-electron chi connectivity index (χ3n) is 10.9. The molecule has 2 aliphatic heterocycles. The van der Waals surface area contributed by atoms with Gasteiger partial charge in [0.25, 0.3) is 0 Å². The fraction of sp³-hybridized carbons (Fsp3) is 0.571. The molecule has 6 bridgehead atoms. The minimum atomic E-state index is -0.199. The van der Waals surface area contributed by atoms with E-state index < -0.39 is 0 Å². The molecule has 2 heterocycles. The van der Waals surface area contributed by atoms with E-state index in [9.17, 15) is 5.11 Å². The van der Waals surface area contributed by atoms with Crippen LogP contribution >= 0.6 is 0 Å². The number of nitrogens with one attached hydrogen (secondary N) is 1. The van der Waals surface area contributed by atoms with Crippen molar-refractivity contribution in [2.24, 2.45) is 10.8 Å². The van der Waals surface area contributed by atoms with Crippen LogP contribution < -0.4 is 5.32 Å². The standard InChI is InChI=1S/C28H34N2O2/c1-25-17-26-11-12-28(25,32-3)24(29-23(25)18-7-5-4-6-8-18)27(26)13-14-30(2)22(26)15-19-9-10-20(31)16-21(19)27/h4-10,16,22-24,29,31H,11-15,17H2,1-3H3/t22-,23-,24+,25+,26-,27+,28+/m1/s1. The van der Waals surface area contributed by atoms with Gasteiger partial charge < -0.3 is 20.1 Å². The largest absolute Gasteiger partial charge is 0.508 e. The lowest BCUT2D eigenvalue weighted by molar-refractivity contribution is -0.259. The molecule has 3 saturated carbocycles. The molecule has 32 heavy (non-hydrogen) atoms. The number of aromatic hydroxyl groups is 1. The summed E-state index contributed by atoms with van der Waals surface area (Å²) >= 11 is 0. The van der Waals surface area contributed by atoms with Gasteiger partial charge in [0.1, 0.15) is 5.75 Å². The highest BCUT2D eigenvalue weighted by atomic mass is 16.5. The number of ether oxygens (including phenoxy) is 1. The highest BCUT2D eigenvalue weighted by molar-refractivity contribution is 5.54. The molecule has 4 nitrogen and oxygen atoms in total. The molecule has 6 aliphatic rings. The van der Waals surface area contributed by atoms with Crippen molar-refractivity contribution in [1.29, 1.82) is 0 Å². The Balaban J connectivity index is 1.53. The molecule has 0 aromatic heterocycles. The van der Waals surface area contributed by atoms with E-state index in [-0.39, 0.29) is 33.9 Å². The molecule has 0 radical (unpaired) electrons. The second kappa shape index (κ2) is 5.97. The lowest BCUT2D eigenvalue weighted by atomic mass is 9.32. The fourth-order valence-electron chi connectivity index (χ4n) is 9.85. The summed E-state index contributed by atoms with van der Waals surface area (Å²) in [5.74, 6) is 0.402. The number of rotatable bonds is 2. The van der Waals surface area contributed by atoms with Crippen LogP contribution in [0.4, 0.5) is 0 Å². The van der Waals surface area contributed by atoms with Crippen molar-refractivity contribution in [2.75, 3.05) is 20.7 Å². The number of hydrogen-bond donors (Lipinski definition) is 2. The zero-order valence-corrected chi connectivity index (χ0v) is 19.4. The van der Waals surface area contributed by atoms with Crippen molar-refractivity contribution in [3.8, 4) is 5.75 Å². The van der Waals surface area contributed by atoms with Gasteiger partial charge >= 0.3 is 0 Å². The first-order valence-electron chi connectivity index (χ1n) is 12.3. The zero-order valence-electron chi connectivity index (χ0n) is 19.4. The van der Waals surface area contributed by atoms with Gasteiger partial charge in [-0.2, -0.15) is 0 Å². The Morgan fingerprint density at radius 3 is 2.69 bits per heavy atom. The molecule has 1 spiro atoms. The number of piperidine rings is 1. The predicted octanol–water partition coefficient (Wildman–Crippen LogP) is 4.18. The maximum Gasteiger partial charge on any atom is 0.115 e. The quantitative estimate of drug-likeness (QED) is 0.750. The van der Waals surface area contributed by atoms with Gasteiger partial charge in [-0.15, -0.1) is 0 Å². The number of nitrogens with zero attached hydrogens (tertiary/aromatic N) is 1. The van der Waals surface area contributed by atoms with Crippen molar-refractivity contribution >= 4 is 0 Å². The molecule has 4 heteroatoms. The summed E-state index contributed by atoms with van der Waals surface area (Å²) in [5.41, 5.74) is 4.23. The van der Waals surface area contributed by atoms with Gasteiger partial charge in [0, 0.05) is 36.1 Å². The number of benzene rings is 2. The Morgan fingerprint density at radius 1 is 1.09 bits per heavy atom. The van der Waals surface area contributed by atoms with E-state index in [1.165, 1.54) is 29.5 Å². The third kappa shape index (κ3) is 1.87. The van der Waals surface area contributed by atoms with E-state index >= 15 is 0 Å². The maximum atomic E-state index is 10.6.